The molecule has 0 saturated carbocycles. The van der Waals surface area contributed by atoms with Crippen LogP contribution in [0.1, 0.15) is 71.1 Å². The summed E-state index contributed by atoms with van der Waals surface area (Å²) in [5.74, 6) is -1.95. The molecule has 3 aliphatic heterocycles. The lowest BCUT2D eigenvalue weighted by molar-refractivity contribution is -0.385. The standard InChI is InChI=1S/C32H23ClN6O5.C27H21ClN4O4.C27H21ClN2O2/c33-23-12-15-26-25(16-23)28(22-10-13-24(40)14-11-22)35-30(36-31(41)29-27(39(43)44)17-34-37-29)32(42)38(26)18-19-6-8-21(9-7-19)20-4-2-1-3-5-20;1-15-22(24(31-36-15)16-6-4-3-5-7-16)26(34)30-25-27(35)32(2)21-13-10-18(28)14-20(21)23(29-25)17-8-11-19(33)12-9-17;1-30-25-13-10-21(28)16-23(25)26(19-8-11-22(31)12-9-19)29-24(27(30)32)15-17-6-7-18-4-2-3-5-20(18)14-17/h1-17,30,40H,18H2,(H,34,37)(H,36,41);3-14,25,33H,1-2H3,(H,30,34);2-14,16,24,31H,15H2,1H3. The second kappa shape index (κ2) is 32.5. The average Bonchev–Trinajstić information content (AvgIpc) is 1.61. The van der Waals surface area contributed by atoms with Gasteiger partial charge in [-0.25, -0.2) is 9.98 Å². The minimum atomic E-state index is -1.48. The number of rotatable bonds is 14. The molecule has 16 rings (SSSR count). The smallest absolute Gasteiger partial charge is 0.319 e. The van der Waals surface area contributed by atoms with Gasteiger partial charge in [-0.05, 0) is 167 Å². The van der Waals surface area contributed by atoms with Crippen LogP contribution in [0.25, 0.3) is 33.2 Å². The van der Waals surface area contributed by atoms with Crippen LogP contribution in [0.2, 0.25) is 15.1 Å². The first-order chi connectivity index (χ1) is 54.1. The zero-order valence-electron chi connectivity index (χ0n) is 59.7. The number of nitrogens with one attached hydrogen (secondary N) is 3. The van der Waals surface area contributed by atoms with Crippen LogP contribution in [0.15, 0.2) is 280 Å². The monoisotopic (exact) mass is 1550 g/mol. The van der Waals surface area contributed by atoms with Crippen molar-refractivity contribution in [2.24, 2.45) is 15.0 Å². The number of benzene rings is 11. The summed E-state index contributed by atoms with van der Waals surface area (Å²) < 4.78 is 5.32. The molecule has 0 fully saturated rings. The Bertz CT molecular complexity index is 5900. The number of aliphatic imine (C=N–C) groups is 3. The van der Waals surface area contributed by atoms with Gasteiger partial charge in [-0.1, -0.05) is 167 Å². The molecule has 0 radical (unpaired) electrons. The van der Waals surface area contributed by atoms with Gasteiger partial charge < -0.3 is 45.2 Å². The number of nitro groups is 1. The van der Waals surface area contributed by atoms with Gasteiger partial charge in [0.25, 0.3) is 29.5 Å². The molecule has 13 aromatic rings. The molecular formula is C86H65Cl3N12O11. The number of phenolic OH excluding ortho intramolecular Hbond substituents is 3. The quantitative estimate of drug-likeness (QED) is 0.0436. The topological polar surface area (TPSA) is 315 Å². The van der Waals surface area contributed by atoms with Gasteiger partial charge in [0, 0.05) is 74.5 Å². The van der Waals surface area contributed by atoms with Crippen LogP contribution in [0, 0.1) is 17.0 Å². The van der Waals surface area contributed by atoms with Crippen molar-refractivity contribution >= 4 is 115 Å². The van der Waals surface area contributed by atoms with Crippen LogP contribution in [0.4, 0.5) is 22.7 Å². The summed E-state index contributed by atoms with van der Waals surface area (Å²) >= 11 is 19.0. The summed E-state index contributed by atoms with van der Waals surface area (Å²) in [5.41, 5.74) is 11.5. The van der Waals surface area contributed by atoms with Crippen LogP contribution in [0.3, 0.4) is 0 Å². The van der Waals surface area contributed by atoms with E-state index in [9.17, 15) is 49.4 Å². The van der Waals surface area contributed by atoms with Crippen molar-refractivity contribution in [2.75, 3.05) is 28.8 Å². The summed E-state index contributed by atoms with van der Waals surface area (Å²) in [5, 5.41) is 59.9. The summed E-state index contributed by atoms with van der Waals surface area (Å²) in [6.45, 7) is 1.76. The minimum Gasteiger partial charge on any atom is -0.508 e. The van der Waals surface area contributed by atoms with Gasteiger partial charge in [0.1, 0.15) is 46.5 Å². The highest BCUT2D eigenvalue weighted by Gasteiger charge is 2.38. The van der Waals surface area contributed by atoms with Crippen molar-refractivity contribution in [2.45, 2.75) is 38.3 Å². The number of aromatic amines is 1. The fraction of sp³-hybridized carbons (Fsp3) is 0.0930. The van der Waals surface area contributed by atoms with E-state index < -0.39 is 58.3 Å². The van der Waals surface area contributed by atoms with Gasteiger partial charge in [0.15, 0.2) is 0 Å². The largest absolute Gasteiger partial charge is 0.508 e. The third-order valence-corrected chi connectivity index (χ3v) is 19.6. The molecule has 112 heavy (non-hydrogen) atoms. The Balaban J connectivity index is 0.000000141. The zero-order chi connectivity index (χ0) is 78.4. The van der Waals surface area contributed by atoms with E-state index >= 15 is 0 Å². The van der Waals surface area contributed by atoms with Crippen LogP contribution >= 0.6 is 34.8 Å². The third kappa shape index (κ3) is 16.1. The number of H-pyrrole nitrogens is 1. The fourth-order valence-corrected chi connectivity index (χ4v) is 13.8. The van der Waals surface area contributed by atoms with Gasteiger partial charge in [-0.2, -0.15) is 5.10 Å². The van der Waals surface area contributed by atoms with Gasteiger partial charge >= 0.3 is 5.69 Å². The summed E-state index contributed by atoms with van der Waals surface area (Å²) in [6.07, 6.45) is -1.32. The number of amides is 5. The van der Waals surface area contributed by atoms with Crippen LogP contribution in [0.5, 0.6) is 17.2 Å². The first kappa shape index (κ1) is 75.0. The van der Waals surface area contributed by atoms with E-state index in [-0.39, 0.29) is 35.3 Å². The number of aryl methyl sites for hydroxylation is 1. The number of anilines is 3. The molecule has 6 N–H and O–H groups in total. The molecule has 3 atom stereocenters. The minimum absolute atomic E-state index is 0.0300. The zero-order valence-corrected chi connectivity index (χ0v) is 62.0. The summed E-state index contributed by atoms with van der Waals surface area (Å²) in [4.78, 5) is 97.4. The normalized spacial score (nSPS) is 15.1. The number of likely N-dealkylation sites (N-methyl/N-ethyl adjacent to an activating group) is 2. The van der Waals surface area contributed by atoms with Crippen molar-refractivity contribution in [1.82, 2.24) is 26.0 Å². The average molecular weight is 1550 g/mol. The van der Waals surface area contributed by atoms with Crippen LogP contribution < -0.4 is 25.3 Å². The molecule has 556 valence electrons. The molecule has 0 bridgehead atoms. The number of nitrogens with zero attached hydrogens (tertiary/aromatic N) is 9. The number of benzodiazepines with no additional fused rings is 3. The number of carbonyl (C=O) groups is 5. The number of carbonyl (C=O) groups excluding carboxylic acids is 5. The Labute approximate surface area is 655 Å². The number of hydrogen-bond acceptors (Lipinski definition) is 16. The van der Waals surface area contributed by atoms with Crippen molar-refractivity contribution in [3.8, 4) is 39.6 Å². The number of aromatic hydroxyl groups is 3. The molecule has 5 amide bonds. The molecule has 26 heteroatoms. The molecule has 0 spiro atoms. The SMILES string of the molecule is CN1C(=O)C(Cc2ccc3ccccc3c2)N=C(c2ccc(O)cc2)c2cc(Cl)ccc21.Cc1onc(-c2ccccc2)c1C(=O)NC1N=C(c2ccc(O)cc2)c2cc(Cl)ccc2N(C)C1=O.O=C(NC1N=C(c2ccc(O)cc2)c2cc(Cl)ccc2N(Cc2ccc(-c3ccccc3)cc2)C1=O)c1[nH]ncc1[N+](=O)[O-]. The Morgan fingerprint density at radius 1 is 0.500 bits per heavy atom. The van der Waals surface area contributed by atoms with Crippen molar-refractivity contribution in [3.05, 3.63) is 348 Å². The maximum Gasteiger partial charge on any atom is 0.319 e. The predicted molar refractivity (Wildman–Crippen MR) is 431 cm³/mol. The summed E-state index contributed by atoms with van der Waals surface area (Å²) in [6, 6.07) is 75.8. The number of aromatic nitrogens is 3. The van der Waals surface area contributed by atoms with Crippen LogP contribution in [-0.4, -0.2) is 115 Å². The van der Waals surface area contributed by atoms with Crippen molar-refractivity contribution < 1.29 is 48.7 Å². The maximum absolute atomic E-state index is 14.2. The van der Waals surface area contributed by atoms with Crippen molar-refractivity contribution in [1.29, 1.82) is 0 Å². The Morgan fingerprint density at radius 2 is 0.946 bits per heavy atom. The first-order valence-corrected chi connectivity index (χ1v) is 36.1. The number of hydrogen-bond donors (Lipinski definition) is 6. The highest BCUT2D eigenvalue weighted by atomic mass is 35.5. The molecule has 5 heterocycles. The lowest BCUT2D eigenvalue weighted by atomic mass is 9.99. The number of fused-ring (bicyclic) bond motifs is 4. The molecule has 0 aliphatic carbocycles. The van der Waals surface area contributed by atoms with Gasteiger partial charge in [-0.3, -0.25) is 44.2 Å². The van der Waals surface area contributed by atoms with Crippen LogP contribution in [-0.2, 0) is 27.3 Å². The van der Waals surface area contributed by atoms with E-state index in [1.54, 1.807) is 105 Å². The fourth-order valence-electron chi connectivity index (χ4n) is 13.3. The second-order valence-corrected chi connectivity index (χ2v) is 27.5. The highest BCUT2D eigenvalue weighted by Crippen LogP contribution is 2.37. The molecule has 11 aromatic carbocycles. The summed E-state index contributed by atoms with van der Waals surface area (Å²) in [7, 11) is 3.39. The Hall–Kier alpha value is -13.9. The molecular weight excluding hydrogens is 1480 g/mol. The third-order valence-electron chi connectivity index (χ3n) is 18.9. The second-order valence-electron chi connectivity index (χ2n) is 26.2. The van der Waals surface area contributed by atoms with E-state index in [2.05, 4.69) is 66.3 Å². The molecule has 2 aromatic heterocycles. The number of halogens is 3. The van der Waals surface area contributed by atoms with Gasteiger partial charge in [-0.15, -0.1) is 0 Å². The molecule has 3 unspecified atom stereocenters. The predicted octanol–water partition coefficient (Wildman–Crippen LogP) is 15.7. The molecule has 23 nitrogen and oxygen atoms in total. The Kier molecular flexibility index (Phi) is 21.8. The lowest BCUT2D eigenvalue weighted by Gasteiger charge is -2.26. The Morgan fingerprint density at radius 3 is 1.49 bits per heavy atom. The molecule has 0 saturated heterocycles. The molecule has 3 aliphatic rings. The van der Waals surface area contributed by atoms with Crippen molar-refractivity contribution in [3.63, 3.8) is 0 Å². The van der Waals surface area contributed by atoms with Gasteiger partial charge in [0.2, 0.25) is 18.0 Å². The van der Waals surface area contributed by atoms with E-state index in [1.807, 2.05) is 121 Å². The van der Waals surface area contributed by atoms with E-state index in [0.29, 0.717) is 89.3 Å². The highest BCUT2D eigenvalue weighted by molar-refractivity contribution is 6.33. The van der Waals surface area contributed by atoms with E-state index in [0.717, 1.165) is 56.0 Å². The van der Waals surface area contributed by atoms with Gasteiger partial charge in [0.05, 0.1) is 45.7 Å². The maximum atomic E-state index is 14.2. The van der Waals surface area contributed by atoms with E-state index in [4.69, 9.17) is 44.3 Å². The number of phenols is 3. The van der Waals surface area contributed by atoms with E-state index in [1.165, 1.54) is 34.1 Å². The first-order valence-electron chi connectivity index (χ1n) is 34.9. The lowest BCUT2D eigenvalue weighted by Crippen LogP contribution is -2.47.